The molecule has 9 heteroatoms. The Morgan fingerprint density at radius 1 is 1.00 bits per heavy atom. The second-order valence-corrected chi connectivity index (χ2v) is 7.48. The molecule has 31 heavy (non-hydrogen) atoms. The first-order valence-corrected chi connectivity index (χ1v) is 10.2. The van der Waals surface area contributed by atoms with Crippen LogP contribution >= 0.6 is 0 Å². The van der Waals surface area contributed by atoms with Crippen LogP contribution in [0, 0.1) is 5.82 Å². The number of piperazine rings is 1. The molecule has 4 rings (SSSR count). The van der Waals surface area contributed by atoms with Gasteiger partial charge in [-0.25, -0.2) is 9.18 Å². The zero-order valence-electron chi connectivity index (χ0n) is 17.0. The Hall–Kier alpha value is -3.62. The number of fused-ring (bicyclic) bond motifs is 1. The number of para-hydroxylation sites is 2. The Balaban J connectivity index is 1.22. The molecule has 1 fully saturated rings. The van der Waals surface area contributed by atoms with Gasteiger partial charge in [0.2, 0.25) is 11.8 Å². The summed E-state index contributed by atoms with van der Waals surface area (Å²) < 4.78 is 14.4. The summed E-state index contributed by atoms with van der Waals surface area (Å²) in [4.78, 5) is 43.4. The number of carbonyl (C=O) groups is 2. The van der Waals surface area contributed by atoms with Crippen LogP contribution in [-0.2, 0) is 16.1 Å². The SMILES string of the molecule is O=C(Cn1c(=O)[nH]c2ccccc21)NCCC(=O)N1CCN(c2ccc(F)cc2)CC1. The molecule has 1 aromatic heterocycles. The molecule has 1 aliphatic rings. The largest absolute Gasteiger partial charge is 0.368 e. The van der Waals surface area contributed by atoms with Gasteiger partial charge in [-0.3, -0.25) is 14.2 Å². The second-order valence-electron chi connectivity index (χ2n) is 7.48. The number of aromatic amines is 1. The summed E-state index contributed by atoms with van der Waals surface area (Å²) in [6.45, 7) is 2.62. The monoisotopic (exact) mass is 425 g/mol. The van der Waals surface area contributed by atoms with E-state index >= 15 is 0 Å². The number of nitrogens with zero attached hydrogens (tertiary/aromatic N) is 3. The van der Waals surface area contributed by atoms with Crippen molar-refractivity contribution in [3.63, 3.8) is 0 Å². The fourth-order valence-electron chi connectivity index (χ4n) is 3.80. The van der Waals surface area contributed by atoms with Gasteiger partial charge in [0.1, 0.15) is 12.4 Å². The maximum atomic E-state index is 13.1. The molecular formula is C22H24FN5O3. The third-order valence-electron chi connectivity index (χ3n) is 5.47. The molecule has 0 radical (unpaired) electrons. The van der Waals surface area contributed by atoms with E-state index < -0.39 is 0 Å². The van der Waals surface area contributed by atoms with Crippen molar-refractivity contribution in [1.82, 2.24) is 19.8 Å². The molecule has 8 nitrogen and oxygen atoms in total. The highest BCUT2D eigenvalue weighted by atomic mass is 19.1. The number of benzene rings is 2. The number of halogens is 1. The van der Waals surface area contributed by atoms with Gasteiger partial charge in [-0.1, -0.05) is 12.1 Å². The Kier molecular flexibility index (Phi) is 6.01. The van der Waals surface area contributed by atoms with Gasteiger partial charge in [0, 0.05) is 44.8 Å². The van der Waals surface area contributed by atoms with Crippen molar-refractivity contribution in [1.29, 1.82) is 0 Å². The lowest BCUT2D eigenvalue weighted by Gasteiger charge is -2.36. The molecule has 3 aromatic rings. The summed E-state index contributed by atoms with van der Waals surface area (Å²) in [5.41, 5.74) is 1.94. The smallest absolute Gasteiger partial charge is 0.326 e. The Morgan fingerprint density at radius 3 is 2.45 bits per heavy atom. The molecule has 1 aliphatic heterocycles. The first-order chi connectivity index (χ1) is 15.0. The van der Waals surface area contributed by atoms with Gasteiger partial charge < -0.3 is 20.1 Å². The number of aromatic nitrogens is 2. The summed E-state index contributed by atoms with van der Waals surface area (Å²) in [5.74, 6) is -0.613. The molecule has 1 saturated heterocycles. The van der Waals surface area contributed by atoms with Gasteiger partial charge >= 0.3 is 5.69 Å². The number of anilines is 1. The Bertz CT molecular complexity index is 1130. The minimum Gasteiger partial charge on any atom is -0.368 e. The van der Waals surface area contributed by atoms with E-state index in [-0.39, 0.29) is 42.8 Å². The van der Waals surface area contributed by atoms with E-state index in [0.29, 0.717) is 37.2 Å². The number of hydrogen-bond acceptors (Lipinski definition) is 4. The number of hydrogen-bond donors (Lipinski definition) is 2. The third kappa shape index (κ3) is 4.76. The number of H-pyrrole nitrogens is 1. The lowest BCUT2D eigenvalue weighted by molar-refractivity contribution is -0.131. The Morgan fingerprint density at radius 2 is 1.71 bits per heavy atom. The number of rotatable bonds is 6. The van der Waals surface area contributed by atoms with Crippen molar-refractivity contribution < 1.29 is 14.0 Å². The summed E-state index contributed by atoms with van der Waals surface area (Å²) >= 11 is 0. The van der Waals surface area contributed by atoms with Gasteiger partial charge in [0.15, 0.2) is 0 Å². The number of nitrogens with one attached hydrogen (secondary N) is 2. The van der Waals surface area contributed by atoms with Crippen molar-refractivity contribution in [2.24, 2.45) is 0 Å². The fraction of sp³-hybridized carbons (Fsp3) is 0.318. The van der Waals surface area contributed by atoms with E-state index in [1.54, 1.807) is 35.2 Å². The first kappa shape index (κ1) is 20.6. The van der Waals surface area contributed by atoms with Crippen LogP contribution in [0.5, 0.6) is 0 Å². The molecular weight excluding hydrogens is 401 g/mol. The molecule has 0 aliphatic carbocycles. The van der Waals surface area contributed by atoms with E-state index in [4.69, 9.17) is 0 Å². The average Bonchev–Trinajstić information content (AvgIpc) is 3.09. The number of carbonyl (C=O) groups excluding carboxylic acids is 2. The van der Waals surface area contributed by atoms with Gasteiger partial charge in [0.05, 0.1) is 11.0 Å². The molecule has 2 heterocycles. The first-order valence-electron chi connectivity index (χ1n) is 10.2. The van der Waals surface area contributed by atoms with Crippen LogP contribution in [0.15, 0.2) is 53.3 Å². The van der Waals surface area contributed by atoms with Crippen LogP contribution in [0.3, 0.4) is 0 Å². The van der Waals surface area contributed by atoms with E-state index in [1.807, 2.05) is 6.07 Å². The zero-order chi connectivity index (χ0) is 21.8. The summed E-state index contributed by atoms with van der Waals surface area (Å²) in [6, 6.07) is 13.5. The molecule has 0 unspecified atom stereocenters. The second kappa shape index (κ2) is 9.03. The van der Waals surface area contributed by atoms with Gasteiger partial charge in [0.25, 0.3) is 0 Å². The van der Waals surface area contributed by atoms with Gasteiger partial charge in [-0.05, 0) is 36.4 Å². The maximum Gasteiger partial charge on any atom is 0.326 e. The van der Waals surface area contributed by atoms with Crippen LogP contribution in [0.25, 0.3) is 11.0 Å². The minimum atomic E-state index is -0.341. The van der Waals surface area contributed by atoms with Crippen molar-refractivity contribution in [3.05, 3.63) is 64.8 Å². The summed E-state index contributed by atoms with van der Waals surface area (Å²) in [5, 5.41) is 2.72. The van der Waals surface area contributed by atoms with Crippen LogP contribution in [0.4, 0.5) is 10.1 Å². The summed E-state index contributed by atoms with van der Waals surface area (Å²) in [6.07, 6.45) is 0.199. The van der Waals surface area contributed by atoms with Gasteiger partial charge in [-0.15, -0.1) is 0 Å². The topological polar surface area (TPSA) is 90.4 Å². The molecule has 0 atom stereocenters. The van der Waals surface area contributed by atoms with Crippen LogP contribution in [0.1, 0.15) is 6.42 Å². The standard InChI is InChI=1S/C22H24FN5O3/c23-16-5-7-17(8-6-16)26-11-13-27(14-12-26)21(30)9-10-24-20(29)15-28-19-4-2-1-3-18(19)25-22(28)31/h1-8H,9-15H2,(H,24,29)(H,25,31). The maximum absolute atomic E-state index is 13.1. The van der Waals surface area contributed by atoms with Crippen LogP contribution < -0.4 is 15.9 Å². The fourth-order valence-corrected chi connectivity index (χ4v) is 3.80. The van der Waals surface area contributed by atoms with Crippen molar-refractivity contribution >= 4 is 28.5 Å². The molecule has 162 valence electrons. The van der Waals surface area contributed by atoms with Crippen molar-refractivity contribution in [3.8, 4) is 0 Å². The number of imidazole rings is 1. The average molecular weight is 425 g/mol. The predicted octanol–water partition coefficient (Wildman–Crippen LogP) is 1.32. The number of amides is 2. The van der Waals surface area contributed by atoms with E-state index in [9.17, 15) is 18.8 Å². The van der Waals surface area contributed by atoms with Crippen molar-refractivity contribution in [2.45, 2.75) is 13.0 Å². The van der Waals surface area contributed by atoms with Crippen LogP contribution in [-0.4, -0.2) is 59.0 Å². The molecule has 2 amide bonds. The molecule has 2 N–H and O–H groups in total. The highest BCUT2D eigenvalue weighted by Gasteiger charge is 2.21. The van der Waals surface area contributed by atoms with E-state index in [2.05, 4.69) is 15.2 Å². The van der Waals surface area contributed by atoms with Crippen molar-refractivity contribution in [2.75, 3.05) is 37.6 Å². The lowest BCUT2D eigenvalue weighted by atomic mass is 10.2. The normalized spacial score (nSPS) is 14.1. The molecule has 0 saturated carbocycles. The van der Waals surface area contributed by atoms with E-state index in [1.165, 1.54) is 16.7 Å². The summed E-state index contributed by atoms with van der Waals surface area (Å²) in [7, 11) is 0. The van der Waals surface area contributed by atoms with Crippen LogP contribution in [0.2, 0.25) is 0 Å². The molecule has 0 bridgehead atoms. The third-order valence-corrected chi connectivity index (χ3v) is 5.47. The quantitative estimate of drug-likeness (QED) is 0.623. The molecule has 0 spiro atoms. The van der Waals surface area contributed by atoms with E-state index in [0.717, 1.165) is 5.69 Å². The Labute approximate surface area is 178 Å². The predicted molar refractivity (Wildman–Crippen MR) is 115 cm³/mol. The van der Waals surface area contributed by atoms with Gasteiger partial charge in [-0.2, -0.15) is 0 Å². The zero-order valence-corrected chi connectivity index (χ0v) is 17.0. The molecule has 2 aromatic carbocycles. The lowest BCUT2D eigenvalue weighted by Crippen LogP contribution is -2.49. The minimum absolute atomic E-state index is 0.0247. The highest BCUT2D eigenvalue weighted by molar-refractivity contribution is 5.81. The highest BCUT2D eigenvalue weighted by Crippen LogP contribution is 2.17.